The van der Waals surface area contributed by atoms with E-state index in [9.17, 15) is 9.18 Å². The highest BCUT2D eigenvalue weighted by Crippen LogP contribution is 2.29. The molecular weight excluding hydrogens is 369 g/mol. The molecule has 0 N–H and O–H groups in total. The fraction of sp³-hybridized carbons (Fsp3) is 0.348. The highest BCUT2D eigenvalue weighted by atomic mass is 19.1. The number of halogens is 1. The molecule has 29 heavy (non-hydrogen) atoms. The Labute approximate surface area is 169 Å². The Morgan fingerprint density at radius 3 is 2.59 bits per heavy atom. The van der Waals surface area contributed by atoms with Crippen molar-refractivity contribution in [2.75, 3.05) is 13.1 Å². The molecule has 1 aliphatic rings. The van der Waals surface area contributed by atoms with Crippen LogP contribution in [0.15, 0.2) is 53.1 Å². The van der Waals surface area contributed by atoms with E-state index in [2.05, 4.69) is 15.0 Å². The lowest BCUT2D eigenvalue weighted by molar-refractivity contribution is 0.0774. The molecule has 1 aliphatic heterocycles. The van der Waals surface area contributed by atoms with Crippen LogP contribution in [-0.4, -0.2) is 33.9 Å². The van der Waals surface area contributed by atoms with Gasteiger partial charge in [0.15, 0.2) is 5.78 Å². The molecule has 2 aromatic carbocycles. The van der Waals surface area contributed by atoms with Crippen LogP contribution < -0.4 is 0 Å². The number of piperidine rings is 1. The summed E-state index contributed by atoms with van der Waals surface area (Å²) in [6, 6.07) is 14.3. The van der Waals surface area contributed by atoms with Gasteiger partial charge in [-0.2, -0.15) is 4.98 Å². The van der Waals surface area contributed by atoms with E-state index >= 15 is 0 Å². The number of aryl methyl sites for hydroxylation is 1. The smallest absolute Gasteiger partial charge is 0.244 e. The third kappa shape index (κ3) is 4.12. The lowest BCUT2D eigenvalue weighted by Gasteiger charge is -2.33. The van der Waals surface area contributed by atoms with Crippen molar-refractivity contribution in [3.8, 4) is 11.4 Å². The van der Waals surface area contributed by atoms with Crippen LogP contribution in [0.1, 0.15) is 47.6 Å². The van der Waals surface area contributed by atoms with Crippen LogP contribution in [-0.2, 0) is 0 Å². The first-order valence-electron chi connectivity index (χ1n) is 9.96. The molecule has 1 saturated heterocycles. The molecular formula is C23H24FN3O2. The first kappa shape index (κ1) is 19.5. The van der Waals surface area contributed by atoms with Crippen LogP contribution in [0.25, 0.3) is 11.4 Å². The minimum atomic E-state index is -0.285. The summed E-state index contributed by atoms with van der Waals surface area (Å²) < 4.78 is 19.3. The molecule has 4 rings (SSSR count). The van der Waals surface area contributed by atoms with Crippen molar-refractivity contribution >= 4 is 5.78 Å². The largest absolute Gasteiger partial charge is 0.337 e. The van der Waals surface area contributed by atoms with E-state index in [1.165, 1.54) is 6.07 Å². The summed E-state index contributed by atoms with van der Waals surface area (Å²) in [5, 5.41) is 4.02. The van der Waals surface area contributed by atoms with Crippen molar-refractivity contribution < 1.29 is 13.7 Å². The highest BCUT2D eigenvalue weighted by Gasteiger charge is 2.30. The van der Waals surface area contributed by atoms with E-state index in [0.717, 1.165) is 31.5 Å². The number of carbonyl (C=O) groups excluding carboxylic acids is 1. The van der Waals surface area contributed by atoms with E-state index in [4.69, 9.17) is 4.52 Å². The van der Waals surface area contributed by atoms with Gasteiger partial charge in [0.25, 0.3) is 0 Å². The molecule has 0 radical (unpaired) electrons. The van der Waals surface area contributed by atoms with Crippen LogP contribution in [0.3, 0.4) is 0 Å². The summed E-state index contributed by atoms with van der Waals surface area (Å²) in [4.78, 5) is 19.4. The van der Waals surface area contributed by atoms with E-state index in [1.807, 2.05) is 37.3 Å². The SMILES string of the molecule is Cc1ccc(-c2noc(C(C)N3CCC(C(=O)c4ccccc4)CC3)n2)cc1F. The van der Waals surface area contributed by atoms with Gasteiger partial charge < -0.3 is 4.52 Å². The van der Waals surface area contributed by atoms with Crippen LogP contribution >= 0.6 is 0 Å². The third-order valence-electron chi connectivity index (χ3n) is 5.74. The number of rotatable bonds is 5. The average Bonchev–Trinajstić information content (AvgIpc) is 3.25. The number of Topliss-reactive ketones (excluding diaryl/α,β-unsaturated/α-hetero) is 1. The molecule has 1 aromatic heterocycles. The number of hydrogen-bond acceptors (Lipinski definition) is 5. The van der Waals surface area contributed by atoms with Gasteiger partial charge in [-0.3, -0.25) is 9.69 Å². The maximum Gasteiger partial charge on any atom is 0.244 e. The van der Waals surface area contributed by atoms with Crippen molar-refractivity contribution in [1.82, 2.24) is 15.0 Å². The number of likely N-dealkylation sites (tertiary alicyclic amines) is 1. The Kier molecular flexibility index (Phi) is 5.53. The molecule has 1 fully saturated rings. The Morgan fingerprint density at radius 2 is 1.90 bits per heavy atom. The number of aromatic nitrogens is 2. The van der Waals surface area contributed by atoms with Gasteiger partial charge in [0.1, 0.15) is 5.82 Å². The second kappa shape index (κ2) is 8.25. The van der Waals surface area contributed by atoms with Gasteiger partial charge >= 0.3 is 0 Å². The first-order valence-corrected chi connectivity index (χ1v) is 9.96. The summed E-state index contributed by atoms with van der Waals surface area (Å²) in [6.45, 7) is 5.32. The predicted molar refractivity (Wildman–Crippen MR) is 108 cm³/mol. The lowest BCUT2D eigenvalue weighted by Crippen LogP contribution is -2.38. The molecule has 0 amide bonds. The van der Waals surface area contributed by atoms with Crippen molar-refractivity contribution in [2.45, 2.75) is 32.7 Å². The highest BCUT2D eigenvalue weighted by molar-refractivity contribution is 5.97. The summed E-state index contributed by atoms with van der Waals surface area (Å²) in [6.07, 6.45) is 1.62. The van der Waals surface area contributed by atoms with Gasteiger partial charge in [-0.1, -0.05) is 47.6 Å². The number of hydrogen-bond donors (Lipinski definition) is 0. The fourth-order valence-electron chi connectivity index (χ4n) is 3.80. The zero-order valence-corrected chi connectivity index (χ0v) is 16.6. The Morgan fingerprint density at radius 1 is 1.17 bits per heavy atom. The van der Waals surface area contributed by atoms with Crippen LogP contribution in [0.5, 0.6) is 0 Å². The first-order chi connectivity index (χ1) is 14.0. The van der Waals surface area contributed by atoms with Crippen LogP contribution in [0.4, 0.5) is 4.39 Å². The summed E-state index contributed by atoms with van der Waals surface area (Å²) >= 11 is 0. The predicted octanol–water partition coefficient (Wildman–Crippen LogP) is 4.84. The van der Waals surface area contributed by atoms with E-state index in [-0.39, 0.29) is 23.6 Å². The average molecular weight is 393 g/mol. The molecule has 6 heteroatoms. The van der Waals surface area contributed by atoms with Gasteiger partial charge in [0.2, 0.25) is 11.7 Å². The minimum absolute atomic E-state index is 0.0506. The molecule has 5 nitrogen and oxygen atoms in total. The monoisotopic (exact) mass is 393 g/mol. The lowest BCUT2D eigenvalue weighted by atomic mass is 9.88. The number of ketones is 1. The van der Waals surface area contributed by atoms with Gasteiger partial charge in [0, 0.05) is 17.0 Å². The zero-order valence-electron chi connectivity index (χ0n) is 16.6. The normalized spacial score (nSPS) is 16.7. The van der Waals surface area contributed by atoms with Crippen molar-refractivity contribution in [3.63, 3.8) is 0 Å². The maximum atomic E-state index is 13.8. The van der Waals surface area contributed by atoms with Gasteiger partial charge in [-0.25, -0.2) is 4.39 Å². The molecule has 1 unspecified atom stereocenters. The molecule has 0 spiro atoms. The van der Waals surface area contributed by atoms with E-state index in [0.29, 0.717) is 22.8 Å². The van der Waals surface area contributed by atoms with Crippen molar-refractivity contribution in [1.29, 1.82) is 0 Å². The number of benzene rings is 2. The quantitative estimate of drug-likeness (QED) is 0.581. The Balaban J connectivity index is 1.40. The number of nitrogens with zero attached hydrogens (tertiary/aromatic N) is 3. The molecule has 0 saturated carbocycles. The van der Waals surface area contributed by atoms with Crippen LogP contribution in [0, 0.1) is 18.7 Å². The molecule has 3 aromatic rings. The second-order valence-corrected chi connectivity index (χ2v) is 7.64. The second-order valence-electron chi connectivity index (χ2n) is 7.64. The molecule has 1 atom stereocenters. The van der Waals surface area contributed by atoms with Gasteiger partial charge in [-0.05, 0) is 51.4 Å². The van der Waals surface area contributed by atoms with Gasteiger partial charge in [0.05, 0.1) is 6.04 Å². The fourth-order valence-corrected chi connectivity index (χ4v) is 3.80. The Bertz CT molecular complexity index is 994. The molecule has 0 aliphatic carbocycles. The Hall–Kier alpha value is -2.86. The summed E-state index contributed by atoms with van der Waals surface area (Å²) in [5.41, 5.74) is 1.96. The zero-order chi connectivity index (χ0) is 20.4. The van der Waals surface area contributed by atoms with Crippen molar-refractivity contribution in [3.05, 3.63) is 71.4 Å². The van der Waals surface area contributed by atoms with Crippen LogP contribution in [0.2, 0.25) is 0 Å². The molecule has 0 bridgehead atoms. The maximum absolute atomic E-state index is 13.8. The topological polar surface area (TPSA) is 59.2 Å². The molecule has 150 valence electrons. The van der Waals surface area contributed by atoms with Crippen molar-refractivity contribution in [2.24, 2.45) is 5.92 Å². The number of carbonyl (C=O) groups is 1. The van der Waals surface area contributed by atoms with Gasteiger partial charge in [-0.15, -0.1) is 0 Å². The van der Waals surface area contributed by atoms with E-state index < -0.39 is 0 Å². The third-order valence-corrected chi connectivity index (χ3v) is 5.74. The summed E-state index contributed by atoms with van der Waals surface area (Å²) in [7, 11) is 0. The summed E-state index contributed by atoms with van der Waals surface area (Å²) in [5.74, 6) is 0.884. The standard InChI is InChI=1S/C23H24FN3O2/c1-15-8-9-19(14-20(15)24)22-25-23(29-26-22)16(2)27-12-10-18(11-13-27)21(28)17-6-4-3-5-7-17/h3-9,14,16,18H,10-13H2,1-2H3. The minimum Gasteiger partial charge on any atom is -0.337 e. The van der Waals surface area contributed by atoms with E-state index in [1.54, 1.807) is 19.1 Å². The molecule has 2 heterocycles.